The van der Waals surface area contributed by atoms with Crippen molar-refractivity contribution in [3.8, 4) is 5.75 Å². The summed E-state index contributed by atoms with van der Waals surface area (Å²) in [4.78, 5) is 16.1. The maximum Gasteiger partial charge on any atom is 0.226 e. The Morgan fingerprint density at radius 1 is 1.45 bits per heavy atom. The van der Waals surface area contributed by atoms with E-state index in [9.17, 15) is 4.79 Å². The third kappa shape index (κ3) is 3.91. The topological polar surface area (TPSA) is 63.2 Å². The molecule has 0 radical (unpaired) electrons. The summed E-state index contributed by atoms with van der Waals surface area (Å²) in [5.74, 6) is 0.833. The first-order valence-corrected chi connectivity index (χ1v) is 7.52. The van der Waals surface area contributed by atoms with E-state index in [4.69, 9.17) is 4.74 Å². The van der Waals surface area contributed by atoms with Gasteiger partial charge in [-0.1, -0.05) is 11.3 Å². The highest BCUT2D eigenvalue weighted by Crippen LogP contribution is 2.29. The maximum atomic E-state index is 11.7. The number of hydrogen-bond donors (Lipinski definition) is 2. The summed E-state index contributed by atoms with van der Waals surface area (Å²) < 4.78 is 6.47. The van der Waals surface area contributed by atoms with Crippen LogP contribution >= 0.6 is 11.3 Å². The van der Waals surface area contributed by atoms with Crippen LogP contribution in [0.2, 0.25) is 0 Å². The molecule has 0 saturated heterocycles. The van der Waals surface area contributed by atoms with E-state index in [0.29, 0.717) is 18.2 Å². The van der Waals surface area contributed by atoms with Crippen molar-refractivity contribution in [2.45, 2.75) is 19.8 Å². The Morgan fingerprint density at radius 2 is 2.30 bits per heavy atom. The molecule has 20 heavy (non-hydrogen) atoms. The van der Waals surface area contributed by atoms with Crippen LogP contribution in [-0.2, 0) is 4.79 Å². The minimum absolute atomic E-state index is 0.00402. The largest absolute Gasteiger partial charge is 0.494 e. The molecule has 1 heterocycles. The molecular weight excluding hydrogens is 274 g/mol. The number of amides is 1. The Balaban J connectivity index is 2.02. The van der Waals surface area contributed by atoms with E-state index < -0.39 is 0 Å². The lowest BCUT2D eigenvalue weighted by Crippen LogP contribution is -2.15. The lowest BCUT2D eigenvalue weighted by Gasteiger charge is -2.00. The van der Waals surface area contributed by atoms with Crippen molar-refractivity contribution in [2.75, 3.05) is 25.5 Å². The molecule has 1 aromatic heterocycles. The number of thiazole rings is 1. The van der Waals surface area contributed by atoms with Crippen LogP contribution in [0.25, 0.3) is 10.2 Å². The van der Waals surface area contributed by atoms with Crippen molar-refractivity contribution in [3.05, 3.63) is 18.2 Å². The number of rotatable bonds is 7. The second-order valence-corrected chi connectivity index (χ2v) is 5.37. The van der Waals surface area contributed by atoms with E-state index in [1.54, 1.807) is 0 Å². The molecule has 2 rings (SSSR count). The van der Waals surface area contributed by atoms with E-state index in [1.807, 2.05) is 32.2 Å². The molecule has 0 bridgehead atoms. The Labute approximate surface area is 122 Å². The summed E-state index contributed by atoms with van der Waals surface area (Å²) in [5.41, 5.74) is 0.879. The van der Waals surface area contributed by atoms with Crippen molar-refractivity contribution in [1.29, 1.82) is 0 Å². The van der Waals surface area contributed by atoms with Crippen molar-refractivity contribution in [3.63, 3.8) is 0 Å². The molecule has 0 aliphatic rings. The van der Waals surface area contributed by atoms with Gasteiger partial charge in [-0.25, -0.2) is 4.98 Å². The van der Waals surface area contributed by atoms with E-state index in [0.717, 1.165) is 28.9 Å². The highest BCUT2D eigenvalue weighted by atomic mass is 32.1. The molecule has 0 aliphatic heterocycles. The molecule has 0 aliphatic carbocycles. The first kappa shape index (κ1) is 14.7. The third-order valence-corrected chi connectivity index (χ3v) is 3.68. The molecule has 2 aromatic rings. The number of nitrogens with zero attached hydrogens (tertiary/aromatic N) is 1. The summed E-state index contributed by atoms with van der Waals surface area (Å²) in [6.45, 7) is 3.43. The third-order valence-electron chi connectivity index (χ3n) is 2.75. The fraction of sp³-hybridized carbons (Fsp3) is 0.429. The van der Waals surface area contributed by atoms with E-state index in [1.165, 1.54) is 11.3 Å². The molecule has 2 N–H and O–H groups in total. The molecule has 0 unspecified atom stereocenters. The smallest absolute Gasteiger partial charge is 0.226 e. The Hall–Kier alpha value is -1.66. The van der Waals surface area contributed by atoms with Crippen molar-refractivity contribution >= 4 is 32.6 Å². The first-order valence-electron chi connectivity index (χ1n) is 6.70. The molecule has 0 saturated carbocycles. The van der Waals surface area contributed by atoms with Crippen LogP contribution in [-0.4, -0.2) is 31.1 Å². The fourth-order valence-corrected chi connectivity index (χ4v) is 2.73. The number of carbonyl (C=O) groups excluding carboxylic acids is 1. The quantitative estimate of drug-likeness (QED) is 0.770. The Bertz CT molecular complexity index is 583. The summed E-state index contributed by atoms with van der Waals surface area (Å²) >= 11 is 1.47. The molecule has 1 aromatic carbocycles. The summed E-state index contributed by atoms with van der Waals surface area (Å²) in [5, 5.41) is 6.50. The first-order chi connectivity index (χ1) is 9.72. The fourth-order valence-electron chi connectivity index (χ4n) is 1.82. The van der Waals surface area contributed by atoms with Crippen molar-refractivity contribution in [1.82, 2.24) is 10.3 Å². The lowest BCUT2D eigenvalue weighted by atomic mass is 10.3. The molecule has 108 valence electrons. The number of hydrogen-bond acceptors (Lipinski definition) is 5. The van der Waals surface area contributed by atoms with Crippen LogP contribution in [0.4, 0.5) is 5.13 Å². The number of aromatic nitrogens is 1. The van der Waals surface area contributed by atoms with Gasteiger partial charge in [-0.3, -0.25) is 4.79 Å². The zero-order valence-electron chi connectivity index (χ0n) is 11.7. The average Bonchev–Trinajstić information content (AvgIpc) is 2.80. The van der Waals surface area contributed by atoms with E-state index in [2.05, 4.69) is 15.6 Å². The zero-order chi connectivity index (χ0) is 14.4. The van der Waals surface area contributed by atoms with Gasteiger partial charge >= 0.3 is 0 Å². The minimum Gasteiger partial charge on any atom is -0.494 e. The van der Waals surface area contributed by atoms with Gasteiger partial charge in [-0.15, -0.1) is 0 Å². The van der Waals surface area contributed by atoms with Crippen LogP contribution in [0.5, 0.6) is 5.75 Å². The van der Waals surface area contributed by atoms with Gasteiger partial charge in [-0.05, 0) is 45.1 Å². The molecule has 0 fully saturated rings. The van der Waals surface area contributed by atoms with Gasteiger partial charge in [-0.2, -0.15) is 0 Å². The van der Waals surface area contributed by atoms with Crippen molar-refractivity contribution in [2.24, 2.45) is 0 Å². The number of anilines is 1. The predicted molar refractivity (Wildman–Crippen MR) is 82.6 cm³/mol. The number of ether oxygens (including phenoxy) is 1. The normalized spacial score (nSPS) is 10.7. The highest BCUT2D eigenvalue weighted by molar-refractivity contribution is 7.22. The van der Waals surface area contributed by atoms with Crippen LogP contribution in [0.15, 0.2) is 18.2 Å². The second-order valence-electron chi connectivity index (χ2n) is 4.34. The molecule has 0 atom stereocenters. The zero-order valence-corrected chi connectivity index (χ0v) is 12.5. The summed E-state index contributed by atoms with van der Waals surface area (Å²) in [6.07, 6.45) is 1.32. The molecule has 6 heteroatoms. The monoisotopic (exact) mass is 293 g/mol. The Morgan fingerprint density at radius 3 is 3.05 bits per heavy atom. The number of fused-ring (bicyclic) bond motifs is 1. The maximum absolute atomic E-state index is 11.7. The highest BCUT2D eigenvalue weighted by Gasteiger charge is 2.08. The second kappa shape index (κ2) is 7.21. The van der Waals surface area contributed by atoms with Crippen LogP contribution in [0.1, 0.15) is 19.8 Å². The standard InChI is InChI=1S/C14H19N3O2S/c1-3-19-10-6-7-11-12(9-10)20-14(16-11)17-13(18)5-4-8-15-2/h6-7,9,15H,3-5,8H2,1-2H3,(H,16,17,18). The van der Waals surface area contributed by atoms with E-state index >= 15 is 0 Å². The molecule has 5 nitrogen and oxygen atoms in total. The minimum atomic E-state index is 0.00402. The number of benzene rings is 1. The SMILES string of the molecule is CCOc1ccc2nc(NC(=O)CCCNC)sc2c1. The van der Waals surface area contributed by atoms with Gasteiger partial charge in [0, 0.05) is 6.42 Å². The molecular formula is C14H19N3O2S. The van der Waals surface area contributed by atoms with Crippen LogP contribution in [0, 0.1) is 0 Å². The van der Waals surface area contributed by atoms with Gasteiger partial charge in [0.15, 0.2) is 5.13 Å². The summed E-state index contributed by atoms with van der Waals surface area (Å²) in [6, 6.07) is 5.75. The number of nitrogens with one attached hydrogen (secondary N) is 2. The van der Waals surface area contributed by atoms with Crippen LogP contribution in [0.3, 0.4) is 0 Å². The molecule has 1 amide bonds. The lowest BCUT2D eigenvalue weighted by molar-refractivity contribution is -0.116. The predicted octanol–water partition coefficient (Wildman–Crippen LogP) is 2.63. The van der Waals surface area contributed by atoms with Gasteiger partial charge in [0.05, 0.1) is 16.8 Å². The van der Waals surface area contributed by atoms with Gasteiger partial charge in [0.2, 0.25) is 5.91 Å². The van der Waals surface area contributed by atoms with Gasteiger partial charge in [0.25, 0.3) is 0 Å². The van der Waals surface area contributed by atoms with E-state index in [-0.39, 0.29) is 5.91 Å². The summed E-state index contributed by atoms with van der Waals surface area (Å²) in [7, 11) is 1.88. The average molecular weight is 293 g/mol. The van der Waals surface area contributed by atoms with Gasteiger partial charge in [0.1, 0.15) is 5.75 Å². The molecule has 0 spiro atoms. The van der Waals surface area contributed by atoms with Gasteiger partial charge < -0.3 is 15.4 Å². The van der Waals surface area contributed by atoms with Crippen LogP contribution < -0.4 is 15.4 Å². The number of carbonyl (C=O) groups is 1. The van der Waals surface area contributed by atoms with Crippen molar-refractivity contribution < 1.29 is 9.53 Å². The Kier molecular flexibility index (Phi) is 5.31.